The van der Waals surface area contributed by atoms with Crippen LogP contribution in [0.4, 0.5) is 4.79 Å². The Morgan fingerprint density at radius 2 is 1.46 bits per heavy atom. The van der Waals surface area contributed by atoms with E-state index >= 15 is 0 Å². The van der Waals surface area contributed by atoms with E-state index in [0.717, 1.165) is 11.1 Å². The number of carbonyl (C=O) groups is 3. The molecule has 0 aliphatic rings. The Kier molecular flexibility index (Phi) is 10.8. The van der Waals surface area contributed by atoms with Crippen molar-refractivity contribution in [3.05, 3.63) is 114 Å². The van der Waals surface area contributed by atoms with Gasteiger partial charge in [-0.05, 0) is 67.1 Å². The molecule has 0 bridgehead atoms. The minimum absolute atomic E-state index is 0.0243. The lowest BCUT2D eigenvalue weighted by Gasteiger charge is -2.36. The molecule has 0 aliphatic heterocycles. The fraction of sp³-hybridized carbons (Fsp3) is 0.306. The van der Waals surface area contributed by atoms with Crippen LogP contribution in [0.2, 0.25) is 0 Å². The van der Waals surface area contributed by atoms with Crippen LogP contribution < -0.4 is 0 Å². The molecular weight excluding hydrogens is 632 g/mol. The van der Waals surface area contributed by atoms with Crippen LogP contribution in [0, 0.1) is 5.41 Å². The number of hydrogen-bond acceptors (Lipinski definition) is 8. The molecule has 2 heterocycles. The lowest BCUT2D eigenvalue weighted by Crippen LogP contribution is -2.56. The number of imide groups is 1. The Morgan fingerprint density at radius 3 is 2.02 bits per heavy atom. The van der Waals surface area contributed by atoms with Gasteiger partial charge in [0, 0.05) is 18.9 Å². The zero-order chi connectivity index (χ0) is 35.3. The van der Waals surface area contributed by atoms with Gasteiger partial charge in [-0.15, -0.1) is 0 Å². The monoisotopic (exact) mass is 672 g/mol. The highest BCUT2D eigenvalue weighted by molar-refractivity contribution is 7.89. The number of hydrogen-bond donors (Lipinski definition) is 1. The Morgan fingerprint density at radius 1 is 0.812 bits per heavy atom. The molecule has 4 rings (SSSR count). The highest BCUT2D eigenvalue weighted by atomic mass is 32.2. The number of nitrogens with zero attached hydrogens (tertiary/aromatic N) is 4. The predicted octanol–water partition coefficient (Wildman–Crippen LogP) is 6.41. The van der Waals surface area contributed by atoms with Crippen molar-refractivity contribution in [1.82, 2.24) is 19.2 Å². The average molecular weight is 673 g/mol. The quantitative estimate of drug-likeness (QED) is 0.202. The molecule has 2 aromatic heterocycles. The van der Waals surface area contributed by atoms with Crippen molar-refractivity contribution in [2.45, 2.75) is 71.2 Å². The van der Waals surface area contributed by atoms with Gasteiger partial charge in [-0.1, -0.05) is 81.4 Å². The van der Waals surface area contributed by atoms with Gasteiger partial charge >= 0.3 is 12.1 Å². The zero-order valence-corrected chi connectivity index (χ0v) is 28.6. The highest BCUT2D eigenvalue weighted by Gasteiger charge is 2.45. The second-order valence-electron chi connectivity index (χ2n) is 13.3. The molecular formula is C36H40N4O7S. The number of rotatable bonds is 10. The number of carbonyl (C=O) groups excluding carboxylic acids is 2. The van der Waals surface area contributed by atoms with Crippen molar-refractivity contribution in [3.63, 3.8) is 0 Å². The summed E-state index contributed by atoms with van der Waals surface area (Å²) in [5.74, 6) is -2.39. The summed E-state index contributed by atoms with van der Waals surface area (Å²) in [4.78, 5) is 48.6. The van der Waals surface area contributed by atoms with E-state index < -0.39 is 45.1 Å². The molecule has 252 valence electrons. The first kappa shape index (κ1) is 35.9. The minimum atomic E-state index is -4.10. The van der Waals surface area contributed by atoms with Crippen LogP contribution in [0.25, 0.3) is 11.1 Å². The largest absolute Gasteiger partial charge is 0.480 e. The van der Waals surface area contributed by atoms with Gasteiger partial charge in [0.1, 0.15) is 22.2 Å². The number of aliphatic carboxylic acids is 1. The van der Waals surface area contributed by atoms with E-state index in [2.05, 4.69) is 9.97 Å². The van der Waals surface area contributed by atoms with Crippen LogP contribution in [-0.2, 0) is 32.6 Å². The molecule has 0 saturated heterocycles. The van der Waals surface area contributed by atoms with Crippen LogP contribution >= 0.6 is 0 Å². The first-order chi connectivity index (χ1) is 22.5. The molecule has 1 N–H and O–H groups in total. The van der Waals surface area contributed by atoms with Crippen molar-refractivity contribution < 1.29 is 32.6 Å². The molecule has 12 heteroatoms. The zero-order valence-electron chi connectivity index (χ0n) is 27.8. The molecule has 1 unspecified atom stereocenters. The molecule has 0 saturated carbocycles. The predicted molar refractivity (Wildman–Crippen MR) is 180 cm³/mol. The number of amides is 2. The van der Waals surface area contributed by atoms with Gasteiger partial charge in [0.05, 0.1) is 12.2 Å². The maximum Gasteiger partial charge on any atom is 0.418 e. The van der Waals surface area contributed by atoms with Crippen molar-refractivity contribution in [2.24, 2.45) is 5.41 Å². The fourth-order valence-electron chi connectivity index (χ4n) is 4.99. The van der Waals surface area contributed by atoms with E-state index in [-0.39, 0.29) is 29.4 Å². The Bertz CT molecular complexity index is 1850. The van der Waals surface area contributed by atoms with Gasteiger partial charge < -0.3 is 9.84 Å². The van der Waals surface area contributed by atoms with Gasteiger partial charge in [-0.3, -0.25) is 9.78 Å². The lowest BCUT2D eigenvalue weighted by molar-refractivity contribution is -0.146. The summed E-state index contributed by atoms with van der Waals surface area (Å²) in [5.41, 5.74) is 0.554. The Hall–Kier alpha value is -4.94. The fourth-order valence-corrected chi connectivity index (χ4v) is 6.35. The summed E-state index contributed by atoms with van der Waals surface area (Å²) < 4.78 is 34.5. The normalized spacial score (nSPS) is 12.7. The summed E-state index contributed by atoms with van der Waals surface area (Å²) in [7, 11) is -4.10. The molecule has 0 aliphatic carbocycles. The van der Waals surface area contributed by atoms with Crippen LogP contribution in [0.1, 0.15) is 63.3 Å². The maximum atomic E-state index is 13.9. The number of ether oxygens (including phenoxy) is 1. The minimum Gasteiger partial charge on any atom is -0.480 e. The van der Waals surface area contributed by atoms with Gasteiger partial charge in [0.15, 0.2) is 0 Å². The SMILES string of the molecule is CC(C)(C)OC(=O)N(C(=O)c1cccc(CN(Cc2ccc(-c3ccccc3)cc2)S(=O)(=O)c2cccnc2)n1)C(C(=O)O)C(C)(C)C. The molecule has 4 aromatic rings. The van der Waals surface area contributed by atoms with E-state index in [1.54, 1.807) is 47.6 Å². The number of aromatic nitrogens is 2. The van der Waals surface area contributed by atoms with Crippen LogP contribution in [0.5, 0.6) is 0 Å². The third kappa shape index (κ3) is 8.90. The number of benzene rings is 2. The number of carboxylic acids is 1. The second-order valence-corrected chi connectivity index (χ2v) is 15.2. The van der Waals surface area contributed by atoms with Gasteiger partial charge in [-0.2, -0.15) is 4.31 Å². The molecule has 48 heavy (non-hydrogen) atoms. The molecule has 0 radical (unpaired) electrons. The summed E-state index contributed by atoms with van der Waals surface area (Å²) >= 11 is 0. The number of sulfonamides is 1. The van der Waals surface area contributed by atoms with E-state index in [4.69, 9.17) is 4.74 Å². The molecule has 11 nitrogen and oxygen atoms in total. The van der Waals surface area contributed by atoms with E-state index in [0.29, 0.717) is 10.5 Å². The summed E-state index contributed by atoms with van der Waals surface area (Å²) in [6.07, 6.45) is 1.59. The molecule has 2 aromatic carbocycles. The standard InChI is InChI=1S/C36H40N4O7S/c1-35(2,3)31(33(42)43)40(34(44)47-36(4,5)6)32(41)30-16-10-14-28(38-30)24-39(48(45,46)29-15-11-21-37-22-29)23-25-17-19-27(20-18-25)26-12-8-7-9-13-26/h7-22,31H,23-24H2,1-6H3,(H,42,43). The highest BCUT2D eigenvalue weighted by Crippen LogP contribution is 2.29. The van der Waals surface area contributed by atoms with Gasteiger partial charge in [0.2, 0.25) is 10.0 Å². The van der Waals surface area contributed by atoms with E-state index in [9.17, 15) is 27.9 Å². The summed E-state index contributed by atoms with van der Waals surface area (Å²) in [6.45, 7) is 9.31. The van der Waals surface area contributed by atoms with Gasteiger partial charge in [-0.25, -0.2) is 27.9 Å². The first-order valence-electron chi connectivity index (χ1n) is 15.3. The third-order valence-corrected chi connectivity index (χ3v) is 8.95. The van der Waals surface area contributed by atoms with Crippen molar-refractivity contribution in [1.29, 1.82) is 0 Å². The van der Waals surface area contributed by atoms with E-state index in [1.165, 1.54) is 41.0 Å². The van der Waals surface area contributed by atoms with Gasteiger partial charge in [0.25, 0.3) is 5.91 Å². The third-order valence-electron chi connectivity index (χ3n) is 7.18. The van der Waals surface area contributed by atoms with Crippen LogP contribution in [0.3, 0.4) is 0 Å². The molecule has 0 fully saturated rings. The van der Waals surface area contributed by atoms with Crippen molar-refractivity contribution in [2.75, 3.05) is 0 Å². The number of pyridine rings is 2. The van der Waals surface area contributed by atoms with Crippen molar-refractivity contribution in [3.8, 4) is 11.1 Å². The Balaban J connectivity index is 1.71. The van der Waals surface area contributed by atoms with Crippen LogP contribution in [0.15, 0.2) is 102 Å². The average Bonchev–Trinajstić information content (AvgIpc) is 3.02. The number of carboxylic acid groups (broad SMARTS) is 1. The smallest absolute Gasteiger partial charge is 0.418 e. The Labute approximate surface area is 281 Å². The maximum absolute atomic E-state index is 13.9. The summed E-state index contributed by atoms with van der Waals surface area (Å²) in [6, 6.07) is 23.1. The van der Waals surface area contributed by atoms with E-state index in [1.807, 2.05) is 54.6 Å². The van der Waals surface area contributed by atoms with Crippen LogP contribution in [-0.4, -0.2) is 62.3 Å². The first-order valence-corrected chi connectivity index (χ1v) is 16.7. The molecule has 2 amide bonds. The summed E-state index contributed by atoms with van der Waals surface area (Å²) in [5, 5.41) is 10.1. The molecule has 0 spiro atoms. The topological polar surface area (TPSA) is 147 Å². The lowest BCUT2D eigenvalue weighted by atomic mass is 9.85. The second kappa shape index (κ2) is 14.4. The molecule has 1 atom stereocenters. The van der Waals surface area contributed by atoms with Crippen molar-refractivity contribution >= 4 is 28.0 Å².